The number of fused-ring (bicyclic) bond motifs is 2. The molecule has 2 heterocycles. The van der Waals surface area contributed by atoms with Crippen LogP contribution in [0.5, 0.6) is 11.5 Å². The zero-order valence-electron chi connectivity index (χ0n) is 22.0. The van der Waals surface area contributed by atoms with Gasteiger partial charge in [0.15, 0.2) is 11.5 Å². The van der Waals surface area contributed by atoms with Crippen LogP contribution in [0.4, 0.5) is 27.6 Å². The van der Waals surface area contributed by atoms with Crippen molar-refractivity contribution in [1.82, 2.24) is 5.32 Å². The summed E-state index contributed by atoms with van der Waals surface area (Å²) in [5.41, 5.74) is -0.390. The van der Waals surface area contributed by atoms with Crippen LogP contribution in [-0.4, -0.2) is 25.0 Å². The third-order valence-corrected chi connectivity index (χ3v) is 7.42. The first-order valence-electron chi connectivity index (χ1n) is 13.0. The minimum Gasteiger partial charge on any atom is -0.490 e. The van der Waals surface area contributed by atoms with E-state index in [1.807, 2.05) is 0 Å². The maximum Gasteiger partial charge on any atom is 0.416 e. The normalized spacial score (nSPS) is 15.9. The van der Waals surface area contributed by atoms with E-state index in [0.717, 1.165) is 12.1 Å². The number of carbonyl (C=O) groups is 2. The molecule has 2 amide bonds. The summed E-state index contributed by atoms with van der Waals surface area (Å²) < 4.78 is 79.9. The lowest BCUT2D eigenvalue weighted by atomic mass is 9.92. The van der Waals surface area contributed by atoms with Crippen LogP contribution < -0.4 is 20.1 Å². The molecule has 220 valence electrons. The topological polar surface area (TPSA) is 76.7 Å². The molecule has 0 saturated heterocycles. The van der Waals surface area contributed by atoms with E-state index in [-0.39, 0.29) is 33.5 Å². The van der Waals surface area contributed by atoms with Gasteiger partial charge in [0.1, 0.15) is 11.6 Å². The highest BCUT2D eigenvalue weighted by molar-refractivity contribution is 6.31. The molecule has 0 aromatic heterocycles. The number of alkyl halides is 3. The fourth-order valence-electron chi connectivity index (χ4n) is 5.09. The number of benzene rings is 4. The average molecular weight is 615 g/mol. The van der Waals surface area contributed by atoms with Crippen molar-refractivity contribution in [2.24, 2.45) is 0 Å². The Bertz CT molecular complexity index is 1790. The first-order valence-corrected chi connectivity index (χ1v) is 13.4. The van der Waals surface area contributed by atoms with Crippen LogP contribution >= 0.6 is 11.6 Å². The molecule has 2 aliphatic heterocycles. The summed E-state index contributed by atoms with van der Waals surface area (Å²) in [5.74, 6) is -2.51. The van der Waals surface area contributed by atoms with Gasteiger partial charge in [0.05, 0.1) is 24.8 Å². The van der Waals surface area contributed by atoms with Crippen LogP contribution in [0, 0.1) is 11.6 Å². The predicted octanol–water partition coefficient (Wildman–Crippen LogP) is 7.55. The van der Waals surface area contributed by atoms with Crippen LogP contribution in [0.15, 0.2) is 66.7 Å². The Morgan fingerprint density at radius 3 is 2.42 bits per heavy atom. The van der Waals surface area contributed by atoms with E-state index in [1.54, 1.807) is 24.3 Å². The van der Waals surface area contributed by atoms with Crippen molar-refractivity contribution in [3.8, 4) is 22.6 Å². The van der Waals surface area contributed by atoms with Crippen molar-refractivity contribution in [2.75, 3.05) is 18.5 Å². The van der Waals surface area contributed by atoms with Gasteiger partial charge in [-0.1, -0.05) is 17.7 Å². The molecule has 4 aromatic carbocycles. The first kappa shape index (κ1) is 28.5. The van der Waals surface area contributed by atoms with Crippen molar-refractivity contribution in [3.63, 3.8) is 0 Å². The van der Waals surface area contributed by atoms with E-state index in [1.165, 1.54) is 12.1 Å². The number of amides is 2. The summed E-state index contributed by atoms with van der Waals surface area (Å²) in [6.07, 6.45) is -4.22. The molecule has 0 radical (unpaired) electrons. The molecule has 0 spiro atoms. The molecule has 1 unspecified atom stereocenters. The Balaban J connectivity index is 1.49. The van der Waals surface area contributed by atoms with E-state index in [2.05, 4.69) is 10.6 Å². The second-order valence-corrected chi connectivity index (χ2v) is 10.4. The summed E-state index contributed by atoms with van der Waals surface area (Å²) in [6, 6.07) is 12.2. The van der Waals surface area contributed by atoms with Crippen molar-refractivity contribution in [3.05, 3.63) is 111 Å². The standard InChI is InChI=1S/C31H20ClF5N2O4/c32-23-4-3-19(33)14-21(23)28-27-22(30(41)39-28)10-16(15-2-5-25-26(12-15)43-7-1-6-42-25)11-24(27)38-29(40)17-8-18(31(35,36)37)13-20(34)9-17/h2-5,8-14,28H,1,6-7H2,(H,38,40)(H,39,41). The van der Waals surface area contributed by atoms with Crippen LogP contribution in [0.2, 0.25) is 5.02 Å². The summed E-state index contributed by atoms with van der Waals surface area (Å²) >= 11 is 6.35. The highest BCUT2D eigenvalue weighted by atomic mass is 35.5. The van der Waals surface area contributed by atoms with Gasteiger partial charge in [-0.25, -0.2) is 8.78 Å². The van der Waals surface area contributed by atoms with Gasteiger partial charge in [-0.2, -0.15) is 13.2 Å². The molecule has 1 atom stereocenters. The summed E-state index contributed by atoms with van der Waals surface area (Å²) in [6.45, 7) is 0.898. The highest BCUT2D eigenvalue weighted by Gasteiger charge is 2.36. The molecule has 2 aliphatic rings. The Labute approximate surface area is 246 Å². The van der Waals surface area contributed by atoms with Crippen LogP contribution in [0.1, 0.15) is 49.9 Å². The van der Waals surface area contributed by atoms with Crippen molar-refractivity contribution < 1.29 is 41.0 Å². The third kappa shape index (κ3) is 5.60. The molecule has 0 bridgehead atoms. The number of hydrogen-bond acceptors (Lipinski definition) is 4. The molecule has 0 fully saturated rings. The van der Waals surface area contributed by atoms with Crippen molar-refractivity contribution in [1.29, 1.82) is 0 Å². The predicted molar refractivity (Wildman–Crippen MR) is 148 cm³/mol. The molecule has 6 nitrogen and oxygen atoms in total. The molecule has 0 aliphatic carbocycles. The SMILES string of the molecule is O=C(Nc1cc(-c2ccc3c(c2)OCCCO3)cc2c1C(c1cc(F)ccc1Cl)NC2=O)c1cc(F)cc(C(F)(F)F)c1. The zero-order chi connectivity index (χ0) is 30.5. The van der Waals surface area contributed by atoms with Crippen LogP contribution in [0.25, 0.3) is 11.1 Å². The Morgan fingerprint density at radius 2 is 1.65 bits per heavy atom. The lowest BCUT2D eigenvalue weighted by Crippen LogP contribution is -2.21. The number of carbonyl (C=O) groups excluding carboxylic acids is 2. The monoisotopic (exact) mass is 614 g/mol. The summed E-state index contributed by atoms with van der Waals surface area (Å²) in [5, 5.41) is 5.41. The molecule has 43 heavy (non-hydrogen) atoms. The van der Waals surface area contributed by atoms with Gasteiger partial charge in [0.25, 0.3) is 11.8 Å². The maximum atomic E-state index is 14.2. The molecular weight excluding hydrogens is 595 g/mol. The van der Waals surface area contributed by atoms with Gasteiger partial charge in [0.2, 0.25) is 0 Å². The lowest BCUT2D eigenvalue weighted by molar-refractivity contribution is -0.137. The summed E-state index contributed by atoms with van der Waals surface area (Å²) in [7, 11) is 0. The average Bonchev–Trinajstić information content (AvgIpc) is 3.12. The fourth-order valence-corrected chi connectivity index (χ4v) is 5.32. The minimum atomic E-state index is -4.90. The van der Waals surface area contributed by atoms with E-state index in [4.69, 9.17) is 21.1 Å². The Kier molecular flexibility index (Phi) is 7.21. The molecule has 2 N–H and O–H groups in total. The lowest BCUT2D eigenvalue weighted by Gasteiger charge is -2.19. The number of halogens is 6. The van der Waals surface area contributed by atoms with E-state index < -0.39 is 46.8 Å². The number of rotatable bonds is 4. The molecular formula is C31H20ClF5N2O4. The van der Waals surface area contributed by atoms with Gasteiger partial charge >= 0.3 is 6.18 Å². The highest BCUT2D eigenvalue weighted by Crippen LogP contribution is 2.43. The fraction of sp³-hybridized carbons (Fsp3) is 0.161. The minimum absolute atomic E-state index is 0.0195. The maximum absolute atomic E-state index is 14.2. The smallest absolute Gasteiger partial charge is 0.416 e. The van der Waals surface area contributed by atoms with Crippen molar-refractivity contribution in [2.45, 2.75) is 18.6 Å². The van der Waals surface area contributed by atoms with Crippen LogP contribution in [-0.2, 0) is 6.18 Å². The van der Waals surface area contributed by atoms with Gasteiger partial charge in [-0.3, -0.25) is 9.59 Å². The second kappa shape index (κ2) is 10.9. The third-order valence-electron chi connectivity index (χ3n) is 7.07. The quantitative estimate of drug-likeness (QED) is 0.233. The number of hydrogen-bond donors (Lipinski definition) is 2. The largest absolute Gasteiger partial charge is 0.490 e. The number of nitrogens with one attached hydrogen (secondary N) is 2. The first-order chi connectivity index (χ1) is 20.5. The van der Waals surface area contributed by atoms with Gasteiger partial charge in [-0.15, -0.1) is 0 Å². The van der Waals surface area contributed by atoms with E-state index in [9.17, 15) is 31.5 Å². The van der Waals surface area contributed by atoms with E-state index in [0.29, 0.717) is 54.4 Å². The second-order valence-electron chi connectivity index (χ2n) is 9.95. The van der Waals surface area contributed by atoms with Crippen LogP contribution in [0.3, 0.4) is 0 Å². The number of ether oxygens (including phenoxy) is 2. The van der Waals surface area contributed by atoms with Gasteiger partial charge in [-0.05, 0) is 71.8 Å². The van der Waals surface area contributed by atoms with Gasteiger partial charge < -0.3 is 20.1 Å². The number of anilines is 1. The molecule has 12 heteroatoms. The summed E-state index contributed by atoms with van der Waals surface area (Å²) in [4.78, 5) is 26.5. The van der Waals surface area contributed by atoms with E-state index >= 15 is 0 Å². The molecule has 4 aromatic rings. The van der Waals surface area contributed by atoms with Crippen molar-refractivity contribution >= 4 is 29.1 Å². The Morgan fingerprint density at radius 1 is 0.884 bits per heavy atom. The van der Waals surface area contributed by atoms with Gasteiger partial charge in [0, 0.05) is 39.4 Å². The molecule has 0 saturated carbocycles. The Hall–Kier alpha value is -4.64. The molecule has 6 rings (SSSR count). The zero-order valence-corrected chi connectivity index (χ0v) is 22.7.